The molecule has 0 aromatic heterocycles. The van der Waals surface area contributed by atoms with Crippen molar-refractivity contribution >= 4 is 11.8 Å². The van der Waals surface area contributed by atoms with E-state index in [4.69, 9.17) is 10.8 Å². The van der Waals surface area contributed by atoms with Gasteiger partial charge in [-0.05, 0) is 0 Å². The first-order valence-corrected chi connectivity index (χ1v) is 3.98. The summed E-state index contributed by atoms with van der Waals surface area (Å²) < 4.78 is 0.209. The second kappa shape index (κ2) is 3.44. The van der Waals surface area contributed by atoms with Gasteiger partial charge in [-0.15, -0.1) is 0 Å². The Kier molecular flexibility index (Phi) is 3.54. The first-order chi connectivity index (χ1) is 3.92. The lowest BCUT2D eigenvalue weighted by molar-refractivity contribution is 0.207. The molecule has 0 radical (unpaired) electrons. The van der Waals surface area contributed by atoms with Crippen molar-refractivity contribution in [2.24, 2.45) is 5.73 Å². The number of hydrogen-bond acceptors (Lipinski definition) is 3. The van der Waals surface area contributed by atoms with Gasteiger partial charge in [-0.2, -0.15) is 11.8 Å². The van der Waals surface area contributed by atoms with E-state index in [1.807, 2.05) is 0 Å². The second-order valence-electron chi connectivity index (χ2n) is 2.99. The summed E-state index contributed by atoms with van der Waals surface area (Å²) in [7, 11) is 0. The number of aliphatic hydroxyl groups excluding tert-OH is 1. The highest BCUT2D eigenvalue weighted by atomic mass is 32.2. The van der Waals surface area contributed by atoms with E-state index in [1.54, 1.807) is 11.8 Å². The molecule has 3 heteroatoms. The minimum absolute atomic E-state index is 0.209. The van der Waals surface area contributed by atoms with Crippen LogP contribution in [0.2, 0.25) is 0 Å². The standard InChI is InChI=1S/C6H15NOS/c1-6(2,3)9-4-5(7)8/h5,8H,4,7H2,1-3H3/t5-/m1/s1. The normalized spacial score (nSPS) is 15.7. The van der Waals surface area contributed by atoms with Gasteiger partial charge in [0, 0.05) is 10.5 Å². The van der Waals surface area contributed by atoms with Crippen molar-refractivity contribution in [1.29, 1.82) is 0 Å². The SMILES string of the molecule is CC(C)(C)SC[C@H](N)O. The van der Waals surface area contributed by atoms with E-state index in [2.05, 4.69) is 20.8 Å². The molecule has 0 aliphatic carbocycles. The zero-order valence-electron chi connectivity index (χ0n) is 6.22. The quantitative estimate of drug-likeness (QED) is 0.571. The fourth-order valence-corrected chi connectivity index (χ4v) is 1.01. The fourth-order valence-electron chi connectivity index (χ4n) is 0.335. The minimum atomic E-state index is -0.672. The maximum absolute atomic E-state index is 8.67. The Bertz CT molecular complexity index is 77.6. The van der Waals surface area contributed by atoms with Crippen LogP contribution in [-0.4, -0.2) is 21.8 Å². The van der Waals surface area contributed by atoms with Gasteiger partial charge in [0.1, 0.15) is 6.23 Å². The zero-order valence-corrected chi connectivity index (χ0v) is 7.03. The summed E-state index contributed by atoms with van der Waals surface area (Å²) in [6, 6.07) is 0. The maximum Gasteiger partial charge on any atom is 0.111 e. The highest BCUT2D eigenvalue weighted by Crippen LogP contribution is 2.22. The maximum atomic E-state index is 8.67. The molecule has 3 N–H and O–H groups in total. The van der Waals surface area contributed by atoms with Gasteiger partial charge in [0.2, 0.25) is 0 Å². The zero-order chi connectivity index (χ0) is 7.49. The van der Waals surface area contributed by atoms with Crippen LogP contribution < -0.4 is 5.73 Å². The van der Waals surface area contributed by atoms with Crippen molar-refractivity contribution in [3.8, 4) is 0 Å². The molecule has 2 nitrogen and oxygen atoms in total. The van der Waals surface area contributed by atoms with Crippen molar-refractivity contribution in [1.82, 2.24) is 0 Å². The van der Waals surface area contributed by atoms with E-state index >= 15 is 0 Å². The third kappa shape index (κ3) is 8.27. The lowest BCUT2D eigenvalue weighted by Gasteiger charge is -2.17. The van der Waals surface area contributed by atoms with Crippen molar-refractivity contribution < 1.29 is 5.11 Å². The number of thioether (sulfide) groups is 1. The van der Waals surface area contributed by atoms with Gasteiger partial charge < -0.3 is 10.8 Å². The topological polar surface area (TPSA) is 46.2 Å². The molecule has 0 saturated heterocycles. The van der Waals surface area contributed by atoms with Crippen LogP contribution in [0.5, 0.6) is 0 Å². The Balaban J connectivity index is 3.28. The van der Waals surface area contributed by atoms with E-state index < -0.39 is 6.23 Å². The molecule has 9 heavy (non-hydrogen) atoms. The van der Waals surface area contributed by atoms with Crippen molar-refractivity contribution in [2.45, 2.75) is 31.7 Å². The largest absolute Gasteiger partial charge is 0.378 e. The third-order valence-electron chi connectivity index (χ3n) is 0.687. The molecule has 0 unspecified atom stereocenters. The molecule has 0 heterocycles. The molecule has 0 aromatic carbocycles. The number of aliphatic hydroxyl groups is 1. The van der Waals surface area contributed by atoms with Crippen LogP contribution in [0.4, 0.5) is 0 Å². The molecule has 56 valence electrons. The fraction of sp³-hybridized carbons (Fsp3) is 1.00. The lowest BCUT2D eigenvalue weighted by Crippen LogP contribution is -2.24. The molecular weight excluding hydrogens is 134 g/mol. The van der Waals surface area contributed by atoms with Crippen molar-refractivity contribution in [3.05, 3.63) is 0 Å². The van der Waals surface area contributed by atoms with Gasteiger partial charge >= 0.3 is 0 Å². The summed E-state index contributed by atoms with van der Waals surface area (Å²) >= 11 is 1.67. The van der Waals surface area contributed by atoms with Gasteiger partial charge in [-0.3, -0.25) is 0 Å². The summed E-state index contributed by atoms with van der Waals surface area (Å²) in [5.41, 5.74) is 5.13. The van der Waals surface area contributed by atoms with Crippen LogP contribution >= 0.6 is 11.8 Å². The molecule has 1 atom stereocenters. The predicted molar refractivity (Wildman–Crippen MR) is 42.4 cm³/mol. The molecule has 0 fully saturated rings. The van der Waals surface area contributed by atoms with Crippen LogP contribution in [0.3, 0.4) is 0 Å². The average Bonchev–Trinajstić information content (AvgIpc) is 1.59. The van der Waals surface area contributed by atoms with E-state index in [9.17, 15) is 0 Å². The smallest absolute Gasteiger partial charge is 0.111 e. The molecule has 0 aliphatic rings. The van der Waals surface area contributed by atoms with Crippen LogP contribution in [-0.2, 0) is 0 Å². The monoisotopic (exact) mass is 149 g/mol. The molecule has 0 saturated carbocycles. The molecule has 0 amide bonds. The third-order valence-corrected chi connectivity index (χ3v) is 2.06. The summed E-state index contributed by atoms with van der Waals surface area (Å²) in [4.78, 5) is 0. The summed E-state index contributed by atoms with van der Waals surface area (Å²) in [6.45, 7) is 6.29. The molecule has 0 rings (SSSR count). The Morgan fingerprint density at radius 3 is 2.11 bits per heavy atom. The van der Waals surface area contributed by atoms with Gasteiger partial charge in [-0.1, -0.05) is 20.8 Å². The van der Waals surface area contributed by atoms with Crippen LogP contribution in [0.15, 0.2) is 0 Å². The molecule has 0 aromatic rings. The van der Waals surface area contributed by atoms with E-state index in [0.29, 0.717) is 5.75 Å². The molecule has 0 spiro atoms. The van der Waals surface area contributed by atoms with Gasteiger partial charge in [-0.25, -0.2) is 0 Å². The summed E-state index contributed by atoms with van der Waals surface area (Å²) in [5, 5.41) is 8.67. The molecule has 0 bridgehead atoms. The highest BCUT2D eigenvalue weighted by Gasteiger charge is 2.11. The average molecular weight is 149 g/mol. The number of nitrogens with two attached hydrogens (primary N) is 1. The van der Waals surface area contributed by atoms with Gasteiger partial charge in [0.25, 0.3) is 0 Å². The Hall–Kier alpha value is 0.270. The first kappa shape index (κ1) is 9.27. The van der Waals surface area contributed by atoms with E-state index in [0.717, 1.165) is 0 Å². The number of rotatable bonds is 2. The van der Waals surface area contributed by atoms with Crippen molar-refractivity contribution in [3.63, 3.8) is 0 Å². The van der Waals surface area contributed by atoms with E-state index in [-0.39, 0.29) is 4.75 Å². The Morgan fingerprint density at radius 2 is 2.00 bits per heavy atom. The Morgan fingerprint density at radius 1 is 1.56 bits per heavy atom. The lowest BCUT2D eigenvalue weighted by atomic mass is 10.3. The number of hydrogen-bond donors (Lipinski definition) is 2. The van der Waals surface area contributed by atoms with Crippen LogP contribution in [0.25, 0.3) is 0 Å². The van der Waals surface area contributed by atoms with E-state index in [1.165, 1.54) is 0 Å². The van der Waals surface area contributed by atoms with Crippen LogP contribution in [0.1, 0.15) is 20.8 Å². The highest BCUT2D eigenvalue weighted by molar-refractivity contribution is 8.00. The van der Waals surface area contributed by atoms with Gasteiger partial charge in [0.05, 0.1) is 0 Å². The van der Waals surface area contributed by atoms with Gasteiger partial charge in [0.15, 0.2) is 0 Å². The van der Waals surface area contributed by atoms with Crippen LogP contribution in [0, 0.1) is 0 Å². The predicted octanol–water partition coefficient (Wildman–Crippen LogP) is 0.795. The summed E-state index contributed by atoms with van der Waals surface area (Å²) in [5.74, 6) is 0.615. The first-order valence-electron chi connectivity index (χ1n) is 2.99. The summed E-state index contributed by atoms with van der Waals surface area (Å²) in [6.07, 6.45) is -0.672. The van der Waals surface area contributed by atoms with Crippen molar-refractivity contribution in [2.75, 3.05) is 5.75 Å². The molecular formula is C6H15NOS. The minimum Gasteiger partial charge on any atom is -0.378 e. The molecule has 0 aliphatic heterocycles. The second-order valence-corrected chi connectivity index (χ2v) is 4.84. The Labute approximate surface area is 60.8 Å².